The van der Waals surface area contributed by atoms with Gasteiger partial charge in [-0.15, -0.1) is 11.6 Å². The van der Waals surface area contributed by atoms with E-state index in [0.717, 1.165) is 36.6 Å². The normalized spacial score (nSPS) is 23.4. The molecule has 0 bridgehead atoms. The van der Waals surface area contributed by atoms with Crippen molar-refractivity contribution >= 4 is 17.4 Å². The summed E-state index contributed by atoms with van der Waals surface area (Å²) in [6, 6.07) is 4.23. The largest absolute Gasteiger partial charge is 0.379 e. The van der Waals surface area contributed by atoms with Crippen molar-refractivity contribution in [3.8, 4) is 0 Å². The molecule has 0 radical (unpaired) electrons. The van der Waals surface area contributed by atoms with E-state index in [0.29, 0.717) is 17.7 Å². The topological polar surface area (TPSA) is 25.4 Å². The summed E-state index contributed by atoms with van der Waals surface area (Å²) < 4.78 is 5.59. The molecule has 0 aromatic carbocycles. The molecule has 1 aromatic heterocycles. The van der Waals surface area contributed by atoms with E-state index in [1.165, 1.54) is 0 Å². The standard InChI is InChI=1S/C16H25ClN2O/c1-11(2)14-7-13(9-17)8-16(18-14)19-6-5-12(3)15(10-19)20-4/h7-8,11-12,15H,5-6,9-10H2,1-4H3. The third-order valence-corrected chi connectivity index (χ3v) is 4.46. The third kappa shape index (κ3) is 3.44. The number of methoxy groups -OCH3 is 1. The molecule has 1 saturated heterocycles. The molecule has 0 amide bonds. The zero-order valence-electron chi connectivity index (χ0n) is 12.9. The Morgan fingerprint density at radius 1 is 1.45 bits per heavy atom. The first-order valence-electron chi connectivity index (χ1n) is 7.39. The van der Waals surface area contributed by atoms with Gasteiger partial charge in [0.15, 0.2) is 0 Å². The van der Waals surface area contributed by atoms with Gasteiger partial charge in [-0.25, -0.2) is 4.98 Å². The second-order valence-electron chi connectivity index (χ2n) is 6.03. The summed E-state index contributed by atoms with van der Waals surface area (Å²) >= 11 is 6.02. The van der Waals surface area contributed by atoms with Crippen LogP contribution in [0.2, 0.25) is 0 Å². The number of ether oxygens (including phenoxy) is 1. The first kappa shape index (κ1) is 15.6. The average Bonchev–Trinajstić information content (AvgIpc) is 2.47. The van der Waals surface area contributed by atoms with Gasteiger partial charge in [-0.1, -0.05) is 20.8 Å². The predicted molar refractivity (Wildman–Crippen MR) is 84.7 cm³/mol. The van der Waals surface area contributed by atoms with Crippen molar-refractivity contribution in [3.63, 3.8) is 0 Å². The Labute approximate surface area is 127 Å². The van der Waals surface area contributed by atoms with Gasteiger partial charge in [-0.05, 0) is 36.0 Å². The lowest BCUT2D eigenvalue weighted by atomic mass is 9.95. The number of hydrogen-bond donors (Lipinski definition) is 0. The predicted octanol–water partition coefficient (Wildman–Crippen LogP) is 3.81. The van der Waals surface area contributed by atoms with Gasteiger partial charge in [-0.2, -0.15) is 0 Å². The van der Waals surface area contributed by atoms with Gasteiger partial charge in [0, 0.05) is 31.8 Å². The van der Waals surface area contributed by atoms with Crippen molar-refractivity contribution in [2.24, 2.45) is 5.92 Å². The lowest BCUT2D eigenvalue weighted by Gasteiger charge is -2.37. The Hall–Kier alpha value is -0.800. The SMILES string of the molecule is COC1CN(c2cc(CCl)cc(C(C)C)n2)CCC1C. The molecule has 2 atom stereocenters. The first-order valence-corrected chi connectivity index (χ1v) is 7.93. The Balaban J connectivity index is 2.25. The molecule has 0 N–H and O–H groups in total. The monoisotopic (exact) mass is 296 g/mol. The maximum Gasteiger partial charge on any atom is 0.129 e. The van der Waals surface area contributed by atoms with Crippen molar-refractivity contribution in [1.82, 2.24) is 4.98 Å². The molecule has 112 valence electrons. The fourth-order valence-electron chi connectivity index (χ4n) is 2.68. The minimum Gasteiger partial charge on any atom is -0.379 e. The van der Waals surface area contributed by atoms with Crippen molar-refractivity contribution in [1.29, 1.82) is 0 Å². The third-order valence-electron chi connectivity index (χ3n) is 4.15. The van der Waals surface area contributed by atoms with Crippen molar-refractivity contribution in [3.05, 3.63) is 23.4 Å². The summed E-state index contributed by atoms with van der Waals surface area (Å²) in [5.41, 5.74) is 2.26. The number of pyridine rings is 1. The van der Waals surface area contributed by atoms with Gasteiger partial charge in [0.05, 0.1) is 6.10 Å². The molecule has 2 rings (SSSR count). The molecule has 0 saturated carbocycles. The van der Waals surface area contributed by atoms with Crippen LogP contribution in [0.1, 0.15) is 44.4 Å². The molecular formula is C16H25ClN2O. The van der Waals surface area contributed by atoms with Crippen LogP contribution in [0.5, 0.6) is 0 Å². The van der Waals surface area contributed by atoms with Crippen molar-refractivity contribution < 1.29 is 4.74 Å². The summed E-state index contributed by atoms with van der Waals surface area (Å²) in [6.07, 6.45) is 1.43. The van der Waals surface area contributed by atoms with Crippen LogP contribution >= 0.6 is 11.6 Å². The van der Waals surface area contributed by atoms with Crippen LogP contribution in [0.25, 0.3) is 0 Å². The van der Waals surface area contributed by atoms with E-state index in [1.54, 1.807) is 7.11 Å². The number of aromatic nitrogens is 1. The Morgan fingerprint density at radius 2 is 2.20 bits per heavy atom. The van der Waals surface area contributed by atoms with Crippen LogP contribution < -0.4 is 4.90 Å². The summed E-state index contributed by atoms with van der Waals surface area (Å²) in [4.78, 5) is 7.14. The van der Waals surface area contributed by atoms with Crippen molar-refractivity contribution in [2.45, 2.75) is 45.1 Å². The number of anilines is 1. The molecular weight excluding hydrogens is 272 g/mol. The second kappa shape index (κ2) is 6.77. The van der Waals surface area contributed by atoms with Crippen LogP contribution in [0.15, 0.2) is 12.1 Å². The molecule has 20 heavy (non-hydrogen) atoms. The molecule has 3 nitrogen and oxygen atoms in total. The minimum atomic E-state index is 0.285. The van der Waals surface area contributed by atoms with Crippen molar-refractivity contribution in [2.75, 3.05) is 25.1 Å². The van der Waals surface area contributed by atoms with E-state index in [9.17, 15) is 0 Å². The number of halogens is 1. The molecule has 0 aliphatic carbocycles. The summed E-state index contributed by atoms with van der Waals surface area (Å²) in [5, 5.41) is 0. The zero-order chi connectivity index (χ0) is 14.7. The number of hydrogen-bond acceptors (Lipinski definition) is 3. The zero-order valence-corrected chi connectivity index (χ0v) is 13.7. The fraction of sp³-hybridized carbons (Fsp3) is 0.688. The highest BCUT2D eigenvalue weighted by Gasteiger charge is 2.27. The van der Waals surface area contributed by atoms with Crippen LogP contribution in [0.3, 0.4) is 0 Å². The maximum atomic E-state index is 6.02. The average molecular weight is 297 g/mol. The quantitative estimate of drug-likeness (QED) is 0.790. The highest BCUT2D eigenvalue weighted by molar-refractivity contribution is 6.17. The molecule has 0 spiro atoms. The molecule has 2 heterocycles. The number of nitrogens with zero attached hydrogens (tertiary/aromatic N) is 2. The smallest absolute Gasteiger partial charge is 0.129 e. The Bertz CT molecular complexity index is 450. The van der Waals surface area contributed by atoms with Gasteiger partial charge in [0.2, 0.25) is 0 Å². The van der Waals surface area contributed by atoms with E-state index in [-0.39, 0.29) is 6.10 Å². The molecule has 1 fully saturated rings. The van der Waals surface area contributed by atoms with Gasteiger partial charge in [-0.3, -0.25) is 0 Å². The van der Waals surface area contributed by atoms with Gasteiger partial charge < -0.3 is 9.64 Å². The van der Waals surface area contributed by atoms with Gasteiger partial charge >= 0.3 is 0 Å². The van der Waals surface area contributed by atoms with Crippen LogP contribution in [0.4, 0.5) is 5.82 Å². The van der Waals surface area contributed by atoms with Gasteiger partial charge in [0.25, 0.3) is 0 Å². The number of rotatable bonds is 4. The van der Waals surface area contributed by atoms with E-state index in [1.807, 2.05) is 0 Å². The summed E-state index contributed by atoms with van der Waals surface area (Å²) in [6.45, 7) is 8.54. The highest BCUT2D eigenvalue weighted by atomic mass is 35.5. The Kier molecular flexibility index (Phi) is 5.28. The molecule has 2 unspecified atom stereocenters. The second-order valence-corrected chi connectivity index (χ2v) is 6.30. The van der Waals surface area contributed by atoms with Crippen LogP contribution in [-0.2, 0) is 10.6 Å². The Morgan fingerprint density at radius 3 is 2.80 bits per heavy atom. The summed E-state index contributed by atoms with van der Waals surface area (Å²) in [5.74, 6) is 2.60. The fourth-order valence-corrected chi connectivity index (χ4v) is 2.83. The van der Waals surface area contributed by atoms with E-state index < -0.39 is 0 Å². The van der Waals surface area contributed by atoms with E-state index >= 15 is 0 Å². The lowest BCUT2D eigenvalue weighted by molar-refractivity contribution is 0.0496. The number of alkyl halides is 1. The van der Waals surface area contributed by atoms with Gasteiger partial charge in [0.1, 0.15) is 5.82 Å². The lowest BCUT2D eigenvalue weighted by Crippen LogP contribution is -2.44. The number of piperidine rings is 1. The van der Waals surface area contributed by atoms with Crippen LogP contribution in [0, 0.1) is 5.92 Å². The first-order chi connectivity index (χ1) is 9.55. The maximum absolute atomic E-state index is 6.02. The molecule has 4 heteroatoms. The van der Waals surface area contributed by atoms with Crippen LogP contribution in [-0.4, -0.2) is 31.3 Å². The highest BCUT2D eigenvalue weighted by Crippen LogP contribution is 2.26. The molecule has 1 aromatic rings. The van der Waals surface area contributed by atoms with E-state index in [4.69, 9.17) is 21.3 Å². The summed E-state index contributed by atoms with van der Waals surface area (Å²) in [7, 11) is 1.80. The minimum absolute atomic E-state index is 0.285. The van der Waals surface area contributed by atoms with E-state index in [2.05, 4.69) is 37.8 Å². The molecule has 1 aliphatic heterocycles. The molecule has 1 aliphatic rings.